The summed E-state index contributed by atoms with van der Waals surface area (Å²) in [6.45, 7) is 3.08. The Morgan fingerprint density at radius 1 is 1.03 bits per heavy atom. The molecule has 36 heavy (non-hydrogen) atoms. The fourth-order valence-electron chi connectivity index (χ4n) is 5.30. The Morgan fingerprint density at radius 2 is 1.83 bits per heavy atom. The summed E-state index contributed by atoms with van der Waals surface area (Å²) in [5.41, 5.74) is 2.87. The van der Waals surface area contributed by atoms with E-state index in [0.29, 0.717) is 6.67 Å². The van der Waals surface area contributed by atoms with Gasteiger partial charge in [0.2, 0.25) is 6.79 Å². The molecule has 1 aromatic heterocycles. The minimum Gasteiger partial charge on any atom is -0.496 e. The van der Waals surface area contributed by atoms with Gasteiger partial charge in [-0.2, -0.15) is 0 Å². The lowest BCUT2D eigenvalue weighted by Crippen LogP contribution is -2.49. The average molecular weight is 484 g/mol. The first-order valence-corrected chi connectivity index (χ1v) is 12.6. The van der Waals surface area contributed by atoms with Crippen LogP contribution in [-0.2, 0) is 12.2 Å². The van der Waals surface area contributed by atoms with E-state index in [-0.39, 0.29) is 12.7 Å². The monoisotopic (exact) mass is 483 g/mol. The second-order valence-corrected chi connectivity index (χ2v) is 9.09. The van der Waals surface area contributed by atoms with Crippen molar-refractivity contribution in [1.29, 1.82) is 0 Å². The topological polar surface area (TPSA) is 57.5 Å². The average Bonchev–Trinajstić information content (AvgIpc) is 3.63. The highest BCUT2D eigenvalue weighted by Gasteiger charge is 2.44. The Balaban J connectivity index is 1.75. The van der Waals surface area contributed by atoms with Gasteiger partial charge in [0.05, 0.1) is 25.6 Å². The van der Waals surface area contributed by atoms with Crippen LogP contribution in [0.15, 0.2) is 91.5 Å². The molecule has 0 spiro atoms. The summed E-state index contributed by atoms with van der Waals surface area (Å²) in [6.07, 6.45) is 8.77. The van der Waals surface area contributed by atoms with Crippen LogP contribution >= 0.6 is 0 Å². The fraction of sp³-hybridized carbons (Fsp3) is 0.300. The maximum absolute atomic E-state index is 5.97. The zero-order valence-corrected chi connectivity index (χ0v) is 20.9. The molecule has 6 nitrogen and oxygen atoms in total. The molecule has 0 saturated carbocycles. The van der Waals surface area contributed by atoms with E-state index in [9.17, 15) is 0 Å². The lowest BCUT2D eigenvalue weighted by Gasteiger charge is -2.44. The van der Waals surface area contributed by atoms with Crippen LogP contribution in [0.2, 0.25) is 0 Å². The molecule has 5 rings (SSSR count). The van der Waals surface area contributed by atoms with Crippen LogP contribution in [0, 0.1) is 0 Å². The van der Waals surface area contributed by atoms with Crippen molar-refractivity contribution in [2.45, 2.75) is 44.3 Å². The van der Waals surface area contributed by atoms with Crippen LogP contribution in [0.5, 0.6) is 17.2 Å². The number of ether oxygens (including phenoxy) is 3. The first kappa shape index (κ1) is 23.9. The van der Waals surface area contributed by atoms with Gasteiger partial charge in [0.15, 0.2) is 11.5 Å². The normalized spacial score (nSPS) is 14.8. The van der Waals surface area contributed by atoms with Gasteiger partial charge < -0.3 is 18.8 Å². The molecule has 186 valence electrons. The molecule has 0 radical (unpaired) electrons. The van der Waals surface area contributed by atoms with Crippen molar-refractivity contribution in [2.24, 2.45) is 0 Å². The number of fused-ring (bicyclic) bond motifs is 1. The van der Waals surface area contributed by atoms with Crippen molar-refractivity contribution in [1.82, 2.24) is 14.9 Å². The van der Waals surface area contributed by atoms with E-state index in [0.717, 1.165) is 42.1 Å². The minimum atomic E-state index is -0.596. The van der Waals surface area contributed by atoms with Crippen LogP contribution in [-0.4, -0.2) is 23.5 Å². The van der Waals surface area contributed by atoms with Crippen LogP contribution in [0.25, 0.3) is 0 Å². The zero-order valence-electron chi connectivity index (χ0n) is 20.9. The molecular formula is C30H33N3O3. The van der Waals surface area contributed by atoms with E-state index < -0.39 is 5.54 Å². The molecule has 0 aliphatic carbocycles. The number of hydrogen-bond donors (Lipinski definition) is 1. The Bertz CT molecular complexity index is 1260. The summed E-state index contributed by atoms with van der Waals surface area (Å²) >= 11 is 0. The Kier molecular flexibility index (Phi) is 7.23. The highest BCUT2D eigenvalue weighted by molar-refractivity contribution is 5.53. The third-order valence-electron chi connectivity index (χ3n) is 7.03. The Hall–Kier alpha value is -3.77. The maximum Gasteiger partial charge on any atom is 0.231 e. The number of rotatable bonds is 11. The van der Waals surface area contributed by atoms with Crippen molar-refractivity contribution in [3.63, 3.8) is 0 Å². The Morgan fingerprint density at radius 3 is 2.61 bits per heavy atom. The number of methoxy groups -OCH3 is 1. The number of unbranched alkanes of at least 4 members (excludes halogenated alkanes) is 1. The highest BCUT2D eigenvalue weighted by atomic mass is 16.7. The third-order valence-corrected chi connectivity index (χ3v) is 7.03. The summed E-state index contributed by atoms with van der Waals surface area (Å²) in [7, 11) is 1.74. The highest BCUT2D eigenvalue weighted by Crippen LogP contribution is 2.49. The molecule has 2 unspecified atom stereocenters. The van der Waals surface area contributed by atoms with E-state index in [1.165, 1.54) is 11.1 Å². The molecule has 4 aromatic rings. The SMILES string of the molecule is CCCCC(c1ccc2c(c1)OCO2)C(NCn1ccnc1)(c1ccccc1)c1ccccc1OC. The maximum atomic E-state index is 5.97. The van der Waals surface area contributed by atoms with E-state index in [4.69, 9.17) is 14.2 Å². The molecule has 3 aromatic carbocycles. The van der Waals surface area contributed by atoms with Crippen LogP contribution in [0.4, 0.5) is 0 Å². The number of aromatic nitrogens is 2. The molecule has 2 heterocycles. The van der Waals surface area contributed by atoms with Crippen molar-refractivity contribution >= 4 is 0 Å². The summed E-state index contributed by atoms with van der Waals surface area (Å²) in [5, 5.41) is 3.99. The second kappa shape index (κ2) is 10.9. The standard InChI is InChI=1S/C30H33N3O3/c1-3-4-12-25(23-15-16-28-29(19-23)36-22-35-28)30(24-10-6-5-7-11-24,32-21-33-18-17-31-20-33)26-13-8-9-14-27(26)34-2/h5-11,13-20,25,32H,3-4,12,21-22H2,1-2H3. The number of benzene rings is 3. The van der Waals surface area contributed by atoms with Gasteiger partial charge in [-0.15, -0.1) is 0 Å². The zero-order chi connectivity index (χ0) is 24.8. The van der Waals surface area contributed by atoms with Gasteiger partial charge in [0.1, 0.15) is 5.75 Å². The van der Waals surface area contributed by atoms with Gasteiger partial charge >= 0.3 is 0 Å². The van der Waals surface area contributed by atoms with E-state index in [1.54, 1.807) is 13.3 Å². The van der Waals surface area contributed by atoms with Gasteiger partial charge in [-0.1, -0.05) is 74.4 Å². The van der Waals surface area contributed by atoms with Crippen LogP contribution in [0.3, 0.4) is 0 Å². The first-order valence-electron chi connectivity index (χ1n) is 12.6. The Labute approximate surface area is 212 Å². The van der Waals surface area contributed by atoms with Crippen LogP contribution in [0.1, 0.15) is 48.8 Å². The fourth-order valence-corrected chi connectivity index (χ4v) is 5.30. The smallest absolute Gasteiger partial charge is 0.231 e. The number of para-hydroxylation sites is 1. The van der Waals surface area contributed by atoms with E-state index in [1.807, 2.05) is 30.7 Å². The lowest BCUT2D eigenvalue weighted by molar-refractivity contribution is 0.174. The largest absolute Gasteiger partial charge is 0.496 e. The number of imidazole rings is 1. The van der Waals surface area contributed by atoms with Gasteiger partial charge in [-0.3, -0.25) is 5.32 Å². The van der Waals surface area contributed by atoms with E-state index >= 15 is 0 Å². The summed E-state index contributed by atoms with van der Waals surface area (Å²) in [5.74, 6) is 2.52. The second-order valence-electron chi connectivity index (χ2n) is 9.09. The molecule has 0 amide bonds. The molecule has 1 aliphatic rings. The number of nitrogens with one attached hydrogen (secondary N) is 1. The van der Waals surface area contributed by atoms with Gasteiger partial charge in [0, 0.05) is 23.9 Å². The molecule has 1 aliphatic heterocycles. The predicted molar refractivity (Wildman–Crippen MR) is 140 cm³/mol. The number of nitrogens with zero attached hydrogens (tertiary/aromatic N) is 2. The molecule has 2 atom stereocenters. The molecular weight excluding hydrogens is 450 g/mol. The molecule has 1 N–H and O–H groups in total. The number of hydrogen-bond acceptors (Lipinski definition) is 5. The summed E-state index contributed by atoms with van der Waals surface area (Å²) in [6, 6.07) is 25.4. The predicted octanol–water partition coefficient (Wildman–Crippen LogP) is 6.09. The molecule has 0 fully saturated rings. The van der Waals surface area contributed by atoms with Crippen LogP contribution < -0.4 is 19.5 Å². The summed E-state index contributed by atoms with van der Waals surface area (Å²) in [4.78, 5) is 4.26. The molecule has 6 heteroatoms. The minimum absolute atomic E-state index is 0.0779. The van der Waals surface area contributed by atoms with Crippen molar-refractivity contribution in [3.8, 4) is 17.2 Å². The van der Waals surface area contributed by atoms with Crippen molar-refractivity contribution in [2.75, 3.05) is 13.9 Å². The van der Waals surface area contributed by atoms with Gasteiger partial charge in [-0.25, -0.2) is 4.98 Å². The lowest BCUT2D eigenvalue weighted by atomic mass is 9.68. The third kappa shape index (κ3) is 4.56. The quantitative estimate of drug-likeness (QED) is 0.280. The van der Waals surface area contributed by atoms with E-state index in [2.05, 4.69) is 76.4 Å². The van der Waals surface area contributed by atoms with Crippen molar-refractivity contribution in [3.05, 3.63) is 108 Å². The van der Waals surface area contributed by atoms with Gasteiger partial charge in [0.25, 0.3) is 0 Å². The van der Waals surface area contributed by atoms with Crippen molar-refractivity contribution < 1.29 is 14.2 Å². The summed E-state index contributed by atoms with van der Waals surface area (Å²) < 4.78 is 19.5. The first-order chi connectivity index (χ1) is 17.8. The molecule has 0 bridgehead atoms. The molecule has 0 saturated heterocycles. The van der Waals surface area contributed by atoms with Gasteiger partial charge in [-0.05, 0) is 35.7 Å².